The van der Waals surface area contributed by atoms with Gasteiger partial charge in [0.15, 0.2) is 0 Å². The third-order valence-electron chi connectivity index (χ3n) is 5.27. The van der Waals surface area contributed by atoms with Crippen molar-refractivity contribution in [2.45, 2.75) is 44.1 Å². The van der Waals surface area contributed by atoms with Crippen LogP contribution in [0.25, 0.3) is 0 Å². The molecule has 1 atom stereocenters. The molecule has 0 spiro atoms. The predicted octanol–water partition coefficient (Wildman–Crippen LogP) is 6.03. The van der Waals surface area contributed by atoms with Crippen LogP contribution >= 0.6 is 12.4 Å². The van der Waals surface area contributed by atoms with Gasteiger partial charge in [-0.2, -0.15) is 26.3 Å². The first-order valence-electron chi connectivity index (χ1n) is 10.8. The molecule has 0 bridgehead atoms. The average molecular weight is 527 g/mol. The molecule has 2 rings (SSSR count). The van der Waals surface area contributed by atoms with Gasteiger partial charge in [0.1, 0.15) is 0 Å². The van der Waals surface area contributed by atoms with E-state index in [-0.39, 0.29) is 49.0 Å². The van der Waals surface area contributed by atoms with Crippen LogP contribution in [0.5, 0.6) is 0 Å². The molecule has 0 aliphatic rings. The van der Waals surface area contributed by atoms with Gasteiger partial charge in [0.05, 0.1) is 24.3 Å². The molecule has 2 aromatic rings. The van der Waals surface area contributed by atoms with E-state index < -0.39 is 30.1 Å². The molecule has 2 N–H and O–H groups in total. The summed E-state index contributed by atoms with van der Waals surface area (Å²) in [6.07, 6.45) is -8.13. The lowest BCUT2D eigenvalue weighted by atomic mass is 9.99. The molecule has 11 heteroatoms. The molecule has 0 heterocycles. The Bertz CT molecular complexity index is 890. The van der Waals surface area contributed by atoms with Crippen LogP contribution in [0, 0.1) is 0 Å². The van der Waals surface area contributed by atoms with Crippen LogP contribution < -0.4 is 5.73 Å². The number of ether oxygens (including phenoxy) is 1. The van der Waals surface area contributed by atoms with E-state index in [1.165, 1.54) is 0 Å². The maximum Gasteiger partial charge on any atom is 0.416 e. The summed E-state index contributed by atoms with van der Waals surface area (Å²) in [6.45, 7) is 0.331. The number of carbonyl (C=O) groups excluding carboxylic acids is 1. The van der Waals surface area contributed by atoms with E-state index in [4.69, 9.17) is 10.5 Å². The molecule has 0 saturated carbocycles. The van der Waals surface area contributed by atoms with Crippen molar-refractivity contribution < 1.29 is 35.9 Å². The Kier molecular flexibility index (Phi) is 12.0. The van der Waals surface area contributed by atoms with E-state index in [9.17, 15) is 31.1 Å². The standard InChI is InChI=1S/C24H28F6N2O2.ClH/c1-32(22(33)9-5-6-10-31)14-19(18-7-3-2-4-8-18)16-34-15-17-11-20(23(25,26)27)13-21(12-17)24(28,29)30;/h2-4,7-8,11-13,19H,5-6,9-10,14-16,31H2,1H3;1H. The number of rotatable bonds is 11. The molecule has 0 saturated heterocycles. The summed E-state index contributed by atoms with van der Waals surface area (Å²) in [4.78, 5) is 13.9. The highest BCUT2D eigenvalue weighted by Gasteiger charge is 2.36. The number of unbranched alkanes of at least 4 members (excludes halogenated alkanes) is 1. The van der Waals surface area contributed by atoms with Gasteiger partial charge in [0, 0.05) is 25.9 Å². The number of nitrogens with zero attached hydrogens (tertiary/aromatic N) is 1. The zero-order valence-corrected chi connectivity index (χ0v) is 20.0. The van der Waals surface area contributed by atoms with Gasteiger partial charge in [-0.1, -0.05) is 30.3 Å². The lowest BCUT2D eigenvalue weighted by molar-refractivity contribution is -0.143. The van der Waals surface area contributed by atoms with Gasteiger partial charge in [0.2, 0.25) is 5.91 Å². The maximum atomic E-state index is 13.1. The fourth-order valence-corrected chi connectivity index (χ4v) is 3.45. The van der Waals surface area contributed by atoms with E-state index >= 15 is 0 Å². The van der Waals surface area contributed by atoms with Crippen molar-refractivity contribution in [2.24, 2.45) is 5.73 Å². The maximum absolute atomic E-state index is 13.1. The van der Waals surface area contributed by atoms with E-state index in [1.54, 1.807) is 24.1 Å². The van der Waals surface area contributed by atoms with Gasteiger partial charge >= 0.3 is 12.4 Å². The van der Waals surface area contributed by atoms with Gasteiger partial charge in [-0.05, 0) is 48.7 Å². The molecule has 1 unspecified atom stereocenters. The lowest BCUT2D eigenvalue weighted by Gasteiger charge is -2.25. The van der Waals surface area contributed by atoms with Crippen molar-refractivity contribution >= 4 is 18.3 Å². The van der Waals surface area contributed by atoms with Crippen LogP contribution in [0.4, 0.5) is 26.3 Å². The van der Waals surface area contributed by atoms with Crippen LogP contribution in [0.2, 0.25) is 0 Å². The van der Waals surface area contributed by atoms with Crippen LogP contribution in [0.15, 0.2) is 48.5 Å². The molecule has 0 aliphatic carbocycles. The third kappa shape index (κ3) is 10.1. The van der Waals surface area contributed by atoms with E-state index in [1.807, 2.05) is 18.2 Å². The summed E-state index contributed by atoms with van der Waals surface area (Å²) in [5.74, 6) is -0.403. The Hall–Kier alpha value is -2.30. The van der Waals surface area contributed by atoms with Gasteiger partial charge in [-0.3, -0.25) is 4.79 Å². The monoisotopic (exact) mass is 526 g/mol. The van der Waals surface area contributed by atoms with E-state index in [0.717, 1.165) is 12.0 Å². The minimum atomic E-state index is -4.92. The highest BCUT2D eigenvalue weighted by molar-refractivity contribution is 5.85. The Labute approximate surface area is 206 Å². The topological polar surface area (TPSA) is 55.6 Å². The minimum absolute atomic E-state index is 0. The van der Waals surface area contributed by atoms with Gasteiger partial charge in [-0.25, -0.2) is 0 Å². The number of benzene rings is 2. The molecular weight excluding hydrogens is 498 g/mol. The van der Waals surface area contributed by atoms with Crippen LogP contribution in [-0.4, -0.2) is 37.6 Å². The SMILES string of the molecule is CN(CC(COCc1cc(C(F)(F)F)cc(C(F)(F)F)c1)c1ccccc1)C(=O)CCCCN.Cl. The van der Waals surface area contributed by atoms with Gasteiger partial charge in [0.25, 0.3) is 0 Å². The highest BCUT2D eigenvalue weighted by atomic mass is 35.5. The van der Waals surface area contributed by atoms with Crippen molar-refractivity contribution in [3.05, 3.63) is 70.8 Å². The zero-order valence-electron chi connectivity index (χ0n) is 19.2. The first-order valence-corrected chi connectivity index (χ1v) is 10.8. The van der Waals surface area contributed by atoms with Crippen LogP contribution in [0.3, 0.4) is 0 Å². The first kappa shape index (κ1) is 30.7. The smallest absolute Gasteiger partial charge is 0.376 e. The lowest BCUT2D eigenvalue weighted by Crippen LogP contribution is -2.32. The summed E-state index contributed by atoms with van der Waals surface area (Å²) in [5.41, 5.74) is 3.28. The number of hydrogen-bond acceptors (Lipinski definition) is 3. The summed E-state index contributed by atoms with van der Waals surface area (Å²) in [6, 6.07) is 10.5. The molecule has 0 aliphatic heterocycles. The second kappa shape index (κ2) is 13.7. The number of alkyl halides is 6. The fourth-order valence-electron chi connectivity index (χ4n) is 3.45. The number of halogens is 7. The predicted molar refractivity (Wildman–Crippen MR) is 123 cm³/mol. The third-order valence-corrected chi connectivity index (χ3v) is 5.27. The van der Waals surface area contributed by atoms with Crippen molar-refractivity contribution in [1.29, 1.82) is 0 Å². The fraction of sp³-hybridized carbons (Fsp3) is 0.458. The number of amides is 1. The molecule has 0 radical (unpaired) electrons. The molecule has 1 amide bonds. The summed E-state index contributed by atoms with van der Waals surface area (Å²) in [5, 5.41) is 0. The minimum Gasteiger partial charge on any atom is -0.376 e. The number of nitrogens with two attached hydrogens (primary N) is 1. The molecule has 4 nitrogen and oxygen atoms in total. The highest BCUT2D eigenvalue weighted by Crippen LogP contribution is 2.36. The van der Waals surface area contributed by atoms with E-state index in [0.29, 0.717) is 31.5 Å². The number of likely N-dealkylation sites (N-methyl/N-ethyl adjacent to an activating group) is 1. The Balaban J connectivity index is 0.00000612. The van der Waals surface area contributed by atoms with Crippen molar-refractivity contribution in [2.75, 3.05) is 26.7 Å². The molecule has 0 aromatic heterocycles. The normalized spacial score (nSPS) is 12.7. The quantitative estimate of drug-likeness (QED) is 0.287. The van der Waals surface area contributed by atoms with Gasteiger partial charge < -0.3 is 15.4 Å². The molecule has 196 valence electrons. The van der Waals surface area contributed by atoms with Crippen LogP contribution in [-0.2, 0) is 28.5 Å². The van der Waals surface area contributed by atoms with Crippen LogP contribution in [0.1, 0.15) is 47.4 Å². The van der Waals surface area contributed by atoms with Crippen molar-refractivity contribution in [1.82, 2.24) is 4.90 Å². The largest absolute Gasteiger partial charge is 0.416 e. The zero-order chi connectivity index (χ0) is 25.4. The first-order chi connectivity index (χ1) is 15.9. The molecule has 0 fully saturated rings. The Morgan fingerprint density at radius 2 is 1.54 bits per heavy atom. The second-order valence-electron chi connectivity index (χ2n) is 8.06. The molecule has 2 aromatic carbocycles. The van der Waals surface area contributed by atoms with Crippen molar-refractivity contribution in [3.8, 4) is 0 Å². The molecular formula is C24H29ClF6N2O2. The Morgan fingerprint density at radius 3 is 2.06 bits per heavy atom. The summed E-state index contributed by atoms with van der Waals surface area (Å²) < 4.78 is 84.1. The van der Waals surface area contributed by atoms with Gasteiger partial charge in [-0.15, -0.1) is 12.4 Å². The van der Waals surface area contributed by atoms with E-state index in [2.05, 4.69) is 0 Å². The number of carbonyl (C=O) groups is 1. The Morgan fingerprint density at radius 1 is 0.971 bits per heavy atom. The number of hydrogen-bond donors (Lipinski definition) is 1. The van der Waals surface area contributed by atoms with Crippen molar-refractivity contribution in [3.63, 3.8) is 0 Å². The average Bonchev–Trinajstić information content (AvgIpc) is 2.77. The summed E-state index contributed by atoms with van der Waals surface area (Å²) in [7, 11) is 1.64. The molecule has 35 heavy (non-hydrogen) atoms. The summed E-state index contributed by atoms with van der Waals surface area (Å²) >= 11 is 0. The second-order valence-corrected chi connectivity index (χ2v) is 8.06.